The van der Waals surface area contributed by atoms with Gasteiger partial charge in [-0.15, -0.1) is 0 Å². The van der Waals surface area contributed by atoms with Gasteiger partial charge in [-0.2, -0.15) is 0 Å². The summed E-state index contributed by atoms with van der Waals surface area (Å²) in [7, 11) is 0. The van der Waals surface area contributed by atoms with Crippen molar-refractivity contribution in [2.75, 3.05) is 13.1 Å². The van der Waals surface area contributed by atoms with Crippen molar-refractivity contribution in [3.8, 4) is 0 Å². The number of amides is 1. The highest BCUT2D eigenvalue weighted by Crippen LogP contribution is 2.14. The van der Waals surface area contributed by atoms with Crippen LogP contribution in [0.15, 0.2) is 12.1 Å². The third-order valence-corrected chi connectivity index (χ3v) is 2.80. The van der Waals surface area contributed by atoms with E-state index in [1.165, 1.54) is 0 Å². The van der Waals surface area contributed by atoms with Gasteiger partial charge in [0.1, 0.15) is 23.0 Å². The first-order chi connectivity index (χ1) is 8.95. The minimum absolute atomic E-state index is 0.291. The summed E-state index contributed by atoms with van der Waals surface area (Å²) in [6.45, 7) is 2.82. The highest BCUT2D eigenvalue weighted by atomic mass is 19.1. The molecule has 0 heterocycles. The van der Waals surface area contributed by atoms with Crippen LogP contribution in [0, 0.1) is 23.4 Å². The van der Waals surface area contributed by atoms with E-state index >= 15 is 0 Å². The molecule has 1 unspecified atom stereocenters. The number of nitrogens with one attached hydrogen (secondary N) is 1. The van der Waals surface area contributed by atoms with Crippen LogP contribution in [0.3, 0.4) is 0 Å². The van der Waals surface area contributed by atoms with Gasteiger partial charge in [-0.3, -0.25) is 4.79 Å². The first-order valence-electron chi connectivity index (χ1n) is 6.08. The van der Waals surface area contributed by atoms with Crippen LogP contribution in [0.4, 0.5) is 13.2 Å². The van der Waals surface area contributed by atoms with E-state index in [1.807, 2.05) is 6.92 Å². The molecule has 0 aliphatic rings. The first kappa shape index (κ1) is 15.5. The van der Waals surface area contributed by atoms with Gasteiger partial charge in [-0.1, -0.05) is 6.92 Å². The van der Waals surface area contributed by atoms with Crippen LogP contribution in [0.5, 0.6) is 0 Å². The molecule has 6 heteroatoms. The van der Waals surface area contributed by atoms with Crippen LogP contribution in [0.25, 0.3) is 0 Å². The monoisotopic (exact) mass is 274 g/mol. The van der Waals surface area contributed by atoms with Gasteiger partial charge in [0.15, 0.2) is 0 Å². The summed E-state index contributed by atoms with van der Waals surface area (Å²) < 4.78 is 39.3. The topological polar surface area (TPSA) is 55.1 Å². The Morgan fingerprint density at radius 1 is 1.32 bits per heavy atom. The van der Waals surface area contributed by atoms with E-state index in [0.717, 1.165) is 6.42 Å². The van der Waals surface area contributed by atoms with Gasteiger partial charge in [0.25, 0.3) is 5.91 Å². The summed E-state index contributed by atoms with van der Waals surface area (Å²) in [6, 6.07) is 0.961. The SMILES string of the molecule is CC(CN)CCCNC(=O)c1c(F)cc(F)cc1F. The lowest BCUT2D eigenvalue weighted by Crippen LogP contribution is -2.27. The fourth-order valence-corrected chi connectivity index (χ4v) is 1.62. The molecule has 1 amide bonds. The molecule has 19 heavy (non-hydrogen) atoms. The summed E-state index contributed by atoms with van der Waals surface area (Å²) in [5.74, 6) is -4.01. The molecule has 1 aromatic carbocycles. The Morgan fingerprint density at radius 3 is 2.42 bits per heavy atom. The average Bonchev–Trinajstić information content (AvgIpc) is 2.33. The van der Waals surface area contributed by atoms with E-state index in [2.05, 4.69) is 5.32 Å². The molecule has 0 fully saturated rings. The summed E-state index contributed by atoms with van der Waals surface area (Å²) in [5, 5.41) is 2.40. The number of hydrogen-bond acceptors (Lipinski definition) is 2. The largest absolute Gasteiger partial charge is 0.352 e. The number of rotatable bonds is 6. The number of halogens is 3. The van der Waals surface area contributed by atoms with Crippen LogP contribution in [-0.4, -0.2) is 19.0 Å². The van der Waals surface area contributed by atoms with Crippen LogP contribution >= 0.6 is 0 Å². The minimum Gasteiger partial charge on any atom is -0.352 e. The molecule has 0 saturated heterocycles. The Bertz CT molecular complexity index is 429. The van der Waals surface area contributed by atoms with Gasteiger partial charge in [-0.05, 0) is 25.3 Å². The normalized spacial score (nSPS) is 12.3. The predicted octanol–water partition coefficient (Wildman–Crippen LogP) is 2.21. The maximum atomic E-state index is 13.3. The predicted molar refractivity (Wildman–Crippen MR) is 66.1 cm³/mol. The third-order valence-electron chi connectivity index (χ3n) is 2.80. The molecule has 0 aromatic heterocycles. The third kappa shape index (κ3) is 4.55. The molecule has 1 rings (SSSR count). The van der Waals surface area contributed by atoms with Crippen LogP contribution < -0.4 is 11.1 Å². The Hall–Kier alpha value is -1.56. The van der Waals surface area contributed by atoms with E-state index in [1.54, 1.807) is 0 Å². The summed E-state index contributed by atoms with van der Waals surface area (Å²) in [5.41, 5.74) is 4.68. The maximum absolute atomic E-state index is 13.3. The Kier molecular flexibility index (Phi) is 5.82. The molecule has 1 aromatic rings. The van der Waals surface area contributed by atoms with Crippen molar-refractivity contribution in [1.29, 1.82) is 0 Å². The van der Waals surface area contributed by atoms with Crippen molar-refractivity contribution in [1.82, 2.24) is 5.32 Å². The van der Waals surface area contributed by atoms with Crippen molar-refractivity contribution >= 4 is 5.91 Å². The van der Waals surface area contributed by atoms with Gasteiger partial charge < -0.3 is 11.1 Å². The molecule has 0 spiro atoms. The van der Waals surface area contributed by atoms with Gasteiger partial charge in [0, 0.05) is 18.7 Å². The van der Waals surface area contributed by atoms with E-state index in [4.69, 9.17) is 5.73 Å². The first-order valence-corrected chi connectivity index (χ1v) is 6.08. The zero-order valence-electron chi connectivity index (χ0n) is 10.7. The second-order valence-corrected chi connectivity index (χ2v) is 4.48. The molecule has 106 valence electrons. The molecular formula is C13H17F3N2O. The summed E-state index contributed by atoms with van der Waals surface area (Å²) >= 11 is 0. The van der Waals surface area contributed by atoms with Crippen molar-refractivity contribution in [2.45, 2.75) is 19.8 Å². The highest BCUT2D eigenvalue weighted by Gasteiger charge is 2.18. The molecule has 3 nitrogen and oxygen atoms in total. The fourth-order valence-electron chi connectivity index (χ4n) is 1.62. The van der Waals surface area contributed by atoms with Gasteiger partial charge >= 0.3 is 0 Å². The molecular weight excluding hydrogens is 257 g/mol. The lowest BCUT2D eigenvalue weighted by Gasteiger charge is -2.09. The van der Waals surface area contributed by atoms with Gasteiger partial charge in [-0.25, -0.2) is 13.2 Å². The van der Waals surface area contributed by atoms with Gasteiger partial charge in [0.2, 0.25) is 0 Å². The van der Waals surface area contributed by atoms with Crippen LogP contribution in [0.1, 0.15) is 30.1 Å². The summed E-state index contributed by atoms with van der Waals surface area (Å²) in [6.07, 6.45) is 1.47. The molecule has 3 N–H and O–H groups in total. The molecule has 1 atom stereocenters. The van der Waals surface area contributed by atoms with Crippen molar-refractivity contribution in [3.63, 3.8) is 0 Å². The smallest absolute Gasteiger partial charge is 0.257 e. The van der Waals surface area contributed by atoms with E-state index in [-0.39, 0.29) is 0 Å². The van der Waals surface area contributed by atoms with Crippen LogP contribution in [0.2, 0.25) is 0 Å². The number of benzene rings is 1. The molecule has 0 saturated carbocycles. The van der Waals surface area contributed by atoms with E-state index in [9.17, 15) is 18.0 Å². The standard InChI is InChI=1S/C13H17F3N2O/c1-8(7-17)3-2-4-18-13(19)12-10(15)5-9(14)6-11(12)16/h5-6,8H,2-4,7,17H2,1H3,(H,18,19). The number of hydrogen-bond donors (Lipinski definition) is 2. The van der Waals surface area contributed by atoms with Crippen molar-refractivity contribution in [3.05, 3.63) is 35.1 Å². The lowest BCUT2D eigenvalue weighted by molar-refractivity contribution is 0.0944. The number of nitrogens with two attached hydrogens (primary N) is 1. The molecule has 0 radical (unpaired) electrons. The van der Waals surface area contributed by atoms with Crippen molar-refractivity contribution in [2.24, 2.45) is 11.7 Å². The number of carbonyl (C=O) groups is 1. The number of carbonyl (C=O) groups excluding carboxylic acids is 1. The Morgan fingerprint density at radius 2 is 1.89 bits per heavy atom. The van der Waals surface area contributed by atoms with Crippen LogP contribution in [-0.2, 0) is 0 Å². The van der Waals surface area contributed by atoms with E-state index in [0.29, 0.717) is 37.6 Å². The zero-order valence-corrected chi connectivity index (χ0v) is 10.7. The zero-order chi connectivity index (χ0) is 14.4. The lowest BCUT2D eigenvalue weighted by atomic mass is 10.1. The Labute approximate surface area is 110 Å². The highest BCUT2D eigenvalue weighted by molar-refractivity contribution is 5.94. The average molecular weight is 274 g/mol. The van der Waals surface area contributed by atoms with Gasteiger partial charge in [0.05, 0.1) is 0 Å². The second kappa shape index (κ2) is 7.13. The summed E-state index contributed by atoms with van der Waals surface area (Å²) in [4.78, 5) is 11.6. The van der Waals surface area contributed by atoms with E-state index < -0.39 is 28.9 Å². The molecule has 0 aliphatic carbocycles. The second-order valence-electron chi connectivity index (χ2n) is 4.48. The Balaban J connectivity index is 2.55. The minimum atomic E-state index is -1.20. The molecule has 0 bridgehead atoms. The molecule has 0 aliphatic heterocycles. The fraction of sp³-hybridized carbons (Fsp3) is 0.462. The quantitative estimate of drug-likeness (QED) is 0.781. The maximum Gasteiger partial charge on any atom is 0.257 e. The van der Waals surface area contributed by atoms with Crippen molar-refractivity contribution < 1.29 is 18.0 Å².